The summed E-state index contributed by atoms with van der Waals surface area (Å²) in [5.74, 6) is -2.11. The Morgan fingerprint density at radius 3 is 2.64 bits per heavy atom. The summed E-state index contributed by atoms with van der Waals surface area (Å²) >= 11 is 0. The Hall–Kier alpha value is -1.53. The van der Waals surface area contributed by atoms with Crippen molar-refractivity contribution in [3.63, 3.8) is 0 Å². The van der Waals surface area contributed by atoms with E-state index in [4.69, 9.17) is 4.74 Å². The molecule has 1 amide bonds. The van der Waals surface area contributed by atoms with E-state index in [0.717, 1.165) is 25.0 Å². The van der Waals surface area contributed by atoms with E-state index in [2.05, 4.69) is 5.32 Å². The van der Waals surface area contributed by atoms with Crippen LogP contribution in [0.25, 0.3) is 0 Å². The molecule has 0 spiro atoms. The van der Waals surface area contributed by atoms with E-state index in [1.54, 1.807) is 14.0 Å². The topological polar surface area (TPSA) is 58.6 Å². The second kappa shape index (κ2) is 6.71. The van der Waals surface area contributed by atoms with E-state index in [9.17, 15) is 18.7 Å². The van der Waals surface area contributed by atoms with Gasteiger partial charge in [0.25, 0.3) is 0 Å². The lowest BCUT2D eigenvalue weighted by Crippen LogP contribution is -2.41. The molecule has 22 heavy (non-hydrogen) atoms. The number of aliphatic hydroxyl groups excluding tert-OH is 1. The molecule has 2 rings (SSSR count). The van der Waals surface area contributed by atoms with Gasteiger partial charge >= 0.3 is 0 Å². The molecule has 4 nitrogen and oxygen atoms in total. The van der Waals surface area contributed by atoms with Gasteiger partial charge in [-0.1, -0.05) is 6.07 Å². The second-order valence-electron chi connectivity index (χ2n) is 5.90. The molecule has 0 bridgehead atoms. The van der Waals surface area contributed by atoms with E-state index in [1.807, 2.05) is 0 Å². The number of hydrogen-bond donors (Lipinski definition) is 2. The Bertz CT molecular complexity index is 546. The minimum absolute atomic E-state index is 0.126. The number of carbonyl (C=O) groups excluding carboxylic acids is 1. The van der Waals surface area contributed by atoms with Crippen molar-refractivity contribution in [1.82, 2.24) is 5.32 Å². The summed E-state index contributed by atoms with van der Waals surface area (Å²) in [4.78, 5) is 12.3. The molecule has 122 valence electrons. The lowest BCUT2D eigenvalue weighted by atomic mass is 9.99. The SMILES string of the molecule is COCCC1(C(=O)NC(C)C(O)c2ccc(F)c(F)c2)CC1. The maximum absolute atomic E-state index is 13.2. The Morgan fingerprint density at radius 1 is 1.41 bits per heavy atom. The van der Waals surface area contributed by atoms with Gasteiger partial charge in [0.2, 0.25) is 5.91 Å². The molecule has 0 aromatic heterocycles. The first-order valence-electron chi connectivity index (χ1n) is 7.32. The minimum Gasteiger partial charge on any atom is -0.386 e. The molecule has 1 aliphatic carbocycles. The molecule has 2 atom stereocenters. The minimum atomic E-state index is -1.10. The zero-order chi connectivity index (χ0) is 16.3. The van der Waals surface area contributed by atoms with Gasteiger partial charge in [0.1, 0.15) is 0 Å². The van der Waals surface area contributed by atoms with Crippen LogP contribution in [0.5, 0.6) is 0 Å². The van der Waals surface area contributed by atoms with Crippen LogP contribution in [0.3, 0.4) is 0 Å². The normalized spacial score (nSPS) is 18.6. The average molecular weight is 313 g/mol. The van der Waals surface area contributed by atoms with E-state index in [1.165, 1.54) is 6.07 Å². The first-order valence-corrected chi connectivity index (χ1v) is 7.32. The zero-order valence-corrected chi connectivity index (χ0v) is 12.7. The molecule has 1 saturated carbocycles. The first kappa shape index (κ1) is 16.8. The van der Waals surface area contributed by atoms with Crippen molar-refractivity contribution < 1.29 is 23.4 Å². The van der Waals surface area contributed by atoms with Gasteiger partial charge in [0.15, 0.2) is 11.6 Å². The standard InChI is InChI=1S/C16H21F2NO3/c1-10(14(20)11-3-4-12(17)13(18)9-11)19-15(21)16(5-6-16)7-8-22-2/h3-4,9-10,14,20H,5-8H2,1-2H3,(H,19,21). The van der Waals surface area contributed by atoms with Gasteiger partial charge in [0, 0.05) is 13.7 Å². The quantitative estimate of drug-likeness (QED) is 0.812. The number of benzene rings is 1. The van der Waals surface area contributed by atoms with Crippen LogP contribution in [0.15, 0.2) is 18.2 Å². The fourth-order valence-electron chi connectivity index (χ4n) is 2.46. The summed E-state index contributed by atoms with van der Waals surface area (Å²) in [6, 6.07) is 2.62. The number of amides is 1. The lowest BCUT2D eigenvalue weighted by molar-refractivity contribution is -0.128. The number of ether oxygens (including phenoxy) is 1. The molecule has 2 unspecified atom stereocenters. The second-order valence-corrected chi connectivity index (χ2v) is 5.90. The number of hydrogen-bond acceptors (Lipinski definition) is 3. The fourth-order valence-corrected chi connectivity index (χ4v) is 2.46. The van der Waals surface area contributed by atoms with Crippen LogP contribution in [-0.2, 0) is 9.53 Å². The summed E-state index contributed by atoms with van der Waals surface area (Å²) in [6.45, 7) is 2.14. The maximum Gasteiger partial charge on any atom is 0.226 e. The molecule has 6 heteroatoms. The van der Waals surface area contributed by atoms with Gasteiger partial charge in [-0.3, -0.25) is 4.79 Å². The van der Waals surface area contributed by atoms with Gasteiger partial charge in [0.05, 0.1) is 17.6 Å². The zero-order valence-electron chi connectivity index (χ0n) is 12.7. The fraction of sp³-hybridized carbons (Fsp3) is 0.562. The molecule has 0 saturated heterocycles. The van der Waals surface area contributed by atoms with Crippen molar-refractivity contribution in [2.75, 3.05) is 13.7 Å². The van der Waals surface area contributed by atoms with Crippen LogP contribution in [-0.4, -0.2) is 30.8 Å². The third kappa shape index (κ3) is 3.62. The number of rotatable bonds is 7. The van der Waals surface area contributed by atoms with Crippen LogP contribution in [0.2, 0.25) is 0 Å². The Balaban J connectivity index is 1.97. The van der Waals surface area contributed by atoms with Crippen LogP contribution in [0.1, 0.15) is 37.9 Å². The van der Waals surface area contributed by atoms with Gasteiger partial charge in [-0.2, -0.15) is 0 Å². The highest BCUT2D eigenvalue weighted by Gasteiger charge is 2.49. The van der Waals surface area contributed by atoms with Gasteiger partial charge in [-0.15, -0.1) is 0 Å². The largest absolute Gasteiger partial charge is 0.386 e. The molecule has 0 radical (unpaired) electrons. The van der Waals surface area contributed by atoms with Crippen molar-refractivity contribution in [2.45, 2.75) is 38.3 Å². The molecular weight excluding hydrogens is 292 g/mol. The summed E-state index contributed by atoms with van der Waals surface area (Å²) in [6.07, 6.45) is 1.15. The number of nitrogens with one attached hydrogen (secondary N) is 1. The van der Waals surface area contributed by atoms with Crippen molar-refractivity contribution in [2.24, 2.45) is 5.41 Å². The van der Waals surface area contributed by atoms with E-state index in [-0.39, 0.29) is 11.5 Å². The molecule has 0 aliphatic heterocycles. The Kier molecular flexibility index (Phi) is 5.13. The van der Waals surface area contributed by atoms with Gasteiger partial charge in [-0.25, -0.2) is 8.78 Å². The Morgan fingerprint density at radius 2 is 2.09 bits per heavy atom. The monoisotopic (exact) mass is 313 g/mol. The summed E-state index contributed by atoms with van der Waals surface area (Å²) in [5, 5.41) is 13.0. The third-order valence-corrected chi connectivity index (χ3v) is 4.24. The highest BCUT2D eigenvalue weighted by atomic mass is 19.2. The van der Waals surface area contributed by atoms with Crippen LogP contribution in [0.4, 0.5) is 8.78 Å². The number of carbonyl (C=O) groups is 1. The molecule has 1 aromatic carbocycles. The van der Waals surface area contributed by atoms with E-state index < -0.39 is 29.2 Å². The van der Waals surface area contributed by atoms with Crippen LogP contribution < -0.4 is 5.32 Å². The van der Waals surface area contributed by atoms with Crippen molar-refractivity contribution in [3.05, 3.63) is 35.4 Å². The molecule has 0 heterocycles. The highest BCUT2D eigenvalue weighted by molar-refractivity contribution is 5.85. The molecular formula is C16H21F2NO3. The summed E-state index contributed by atoms with van der Waals surface area (Å²) in [7, 11) is 1.59. The summed E-state index contributed by atoms with van der Waals surface area (Å²) in [5.41, 5.74) is -0.175. The predicted octanol–water partition coefficient (Wildman–Crippen LogP) is 2.32. The van der Waals surface area contributed by atoms with Crippen molar-refractivity contribution >= 4 is 5.91 Å². The van der Waals surface area contributed by atoms with Crippen molar-refractivity contribution in [1.29, 1.82) is 0 Å². The molecule has 2 N–H and O–H groups in total. The molecule has 1 aromatic rings. The first-order chi connectivity index (χ1) is 10.4. The average Bonchev–Trinajstić information content (AvgIpc) is 3.28. The van der Waals surface area contributed by atoms with Crippen molar-refractivity contribution in [3.8, 4) is 0 Å². The third-order valence-electron chi connectivity index (χ3n) is 4.24. The smallest absolute Gasteiger partial charge is 0.226 e. The van der Waals surface area contributed by atoms with E-state index in [0.29, 0.717) is 13.0 Å². The summed E-state index contributed by atoms with van der Waals surface area (Å²) < 4.78 is 31.1. The maximum atomic E-state index is 13.2. The number of halogens is 2. The van der Waals surface area contributed by atoms with Crippen LogP contribution in [0, 0.1) is 17.0 Å². The van der Waals surface area contributed by atoms with Gasteiger partial charge < -0.3 is 15.2 Å². The Labute approximate surface area is 128 Å². The number of aliphatic hydroxyl groups is 1. The number of methoxy groups -OCH3 is 1. The molecule has 1 fully saturated rings. The highest BCUT2D eigenvalue weighted by Crippen LogP contribution is 2.49. The van der Waals surface area contributed by atoms with Crippen LogP contribution >= 0.6 is 0 Å². The van der Waals surface area contributed by atoms with Gasteiger partial charge in [-0.05, 0) is 43.9 Å². The lowest BCUT2D eigenvalue weighted by Gasteiger charge is -2.23. The predicted molar refractivity (Wildman–Crippen MR) is 77.1 cm³/mol. The van der Waals surface area contributed by atoms with E-state index >= 15 is 0 Å². The molecule has 1 aliphatic rings.